The lowest BCUT2D eigenvalue weighted by Crippen LogP contribution is -2.52. The van der Waals surface area contributed by atoms with E-state index in [1.807, 2.05) is 39.0 Å². The molecule has 0 aromatic heterocycles. The van der Waals surface area contributed by atoms with Gasteiger partial charge in [-0.3, -0.25) is 4.90 Å². The molecule has 11 aliphatic rings. The second kappa shape index (κ2) is 17.1. The van der Waals surface area contributed by atoms with Crippen LogP contribution in [0, 0.1) is 65.1 Å². The van der Waals surface area contributed by atoms with E-state index in [1.54, 1.807) is 0 Å². The van der Waals surface area contributed by atoms with E-state index < -0.39 is 0 Å². The monoisotopic (exact) mass is 781 g/mol. The summed E-state index contributed by atoms with van der Waals surface area (Å²) >= 11 is 0. The lowest BCUT2D eigenvalue weighted by atomic mass is 9.60. The van der Waals surface area contributed by atoms with Crippen molar-refractivity contribution in [3.8, 4) is 0 Å². The van der Waals surface area contributed by atoms with Crippen molar-refractivity contribution >= 4 is 0 Å². The number of nitrogens with one attached hydrogen (secondary N) is 1. The Balaban J connectivity index is 0.931. The van der Waals surface area contributed by atoms with Crippen molar-refractivity contribution in [1.82, 2.24) is 10.2 Å². The predicted octanol–water partition coefficient (Wildman–Crippen LogP) is 13.8. The molecular weight excluding hydrogens is 701 g/mol. The molecule has 58 heavy (non-hydrogen) atoms. The van der Waals surface area contributed by atoms with Crippen LogP contribution in [0.5, 0.6) is 0 Å². The van der Waals surface area contributed by atoms with Crippen LogP contribution in [0.25, 0.3) is 0 Å². The molecule has 11 rings (SSSR count). The first-order valence-electron chi connectivity index (χ1n) is 26.0. The summed E-state index contributed by atoms with van der Waals surface area (Å²) in [6.45, 7) is 6.48. The minimum absolute atomic E-state index is 0.569. The summed E-state index contributed by atoms with van der Waals surface area (Å²) in [6.07, 6.45) is 54.5. The molecule has 1 N–H and O–H groups in total. The molecule has 0 radical (unpaired) electrons. The predicted molar refractivity (Wildman–Crippen MR) is 243 cm³/mol. The summed E-state index contributed by atoms with van der Waals surface area (Å²) in [7, 11) is 0. The zero-order valence-electron chi connectivity index (χ0n) is 36.8. The Morgan fingerprint density at radius 2 is 1.29 bits per heavy atom. The van der Waals surface area contributed by atoms with Gasteiger partial charge in [0.1, 0.15) is 0 Å². The van der Waals surface area contributed by atoms with Gasteiger partial charge in [0.05, 0.1) is 0 Å². The summed E-state index contributed by atoms with van der Waals surface area (Å²) in [5.74, 6) is 8.67. The first-order chi connectivity index (χ1) is 28.7. The first kappa shape index (κ1) is 39.0. The molecule has 314 valence electrons. The molecule has 0 amide bonds. The largest absolute Gasteiger partial charge is 0.316 e. The topological polar surface area (TPSA) is 15.3 Å². The lowest BCUT2D eigenvalue weighted by molar-refractivity contribution is 0.104. The van der Waals surface area contributed by atoms with Crippen molar-refractivity contribution in [2.75, 3.05) is 19.6 Å². The Morgan fingerprint density at radius 1 is 0.552 bits per heavy atom. The van der Waals surface area contributed by atoms with Gasteiger partial charge in [-0.15, -0.1) is 0 Å². The van der Waals surface area contributed by atoms with E-state index >= 15 is 0 Å². The van der Waals surface area contributed by atoms with Crippen molar-refractivity contribution < 1.29 is 0 Å². The Bertz CT molecular complexity index is 1740. The fraction of sp³-hybridized carbons (Fsp3) is 0.750. The van der Waals surface area contributed by atoms with Crippen molar-refractivity contribution in [2.24, 2.45) is 65.1 Å². The van der Waals surface area contributed by atoms with Crippen LogP contribution in [0.3, 0.4) is 0 Å². The average Bonchev–Trinajstić information content (AvgIpc) is 3.83. The van der Waals surface area contributed by atoms with Crippen molar-refractivity contribution in [2.45, 2.75) is 180 Å². The second-order valence-corrected chi connectivity index (χ2v) is 22.2. The van der Waals surface area contributed by atoms with Crippen LogP contribution in [0.2, 0.25) is 0 Å². The van der Waals surface area contributed by atoms with Gasteiger partial charge in [-0.1, -0.05) is 101 Å². The molecule has 1 saturated heterocycles. The van der Waals surface area contributed by atoms with E-state index in [1.165, 1.54) is 180 Å². The van der Waals surface area contributed by atoms with Gasteiger partial charge >= 0.3 is 0 Å². The average molecular weight is 781 g/mol. The van der Waals surface area contributed by atoms with Gasteiger partial charge < -0.3 is 5.32 Å². The van der Waals surface area contributed by atoms with E-state index in [4.69, 9.17) is 0 Å². The minimum Gasteiger partial charge on any atom is -0.316 e. The summed E-state index contributed by atoms with van der Waals surface area (Å²) in [6, 6.07) is 1.18. The van der Waals surface area contributed by atoms with Crippen LogP contribution >= 0.6 is 0 Å². The number of allylic oxidation sites excluding steroid dienone is 10. The molecule has 0 spiro atoms. The molecule has 2 nitrogen and oxygen atoms in total. The molecule has 2 aliphatic heterocycles. The molecule has 2 saturated carbocycles. The van der Waals surface area contributed by atoms with E-state index in [0.29, 0.717) is 18.0 Å². The molecule has 0 aromatic rings. The van der Waals surface area contributed by atoms with Gasteiger partial charge in [0.25, 0.3) is 0 Å². The van der Waals surface area contributed by atoms with E-state index in [0.717, 1.165) is 59.2 Å². The molecule has 13 atom stereocenters. The van der Waals surface area contributed by atoms with Gasteiger partial charge in [-0.05, 0) is 219 Å². The van der Waals surface area contributed by atoms with Gasteiger partial charge in [0.2, 0.25) is 0 Å². The van der Waals surface area contributed by atoms with Gasteiger partial charge in [-0.25, -0.2) is 0 Å². The van der Waals surface area contributed by atoms with Gasteiger partial charge in [-0.2, -0.15) is 0 Å². The first-order valence-corrected chi connectivity index (χ1v) is 26.0. The third kappa shape index (κ3) is 7.35. The van der Waals surface area contributed by atoms with Crippen LogP contribution in [-0.2, 0) is 0 Å². The molecule has 2 heterocycles. The molecule has 11 unspecified atom stereocenters. The van der Waals surface area contributed by atoms with Crippen LogP contribution in [0.1, 0.15) is 167 Å². The van der Waals surface area contributed by atoms with Gasteiger partial charge in [0, 0.05) is 25.2 Å². The van der Waals surface area contributed by atoms with Crippen LogP contribution in [0.4, 0.5) is 0 Å². The maximum absolute atomic E-state index is 3.77. The Labute approximate surface area is 354 Å². The lowest BCUT2D eigenvalue weighted by Gasteiger charge is -2.52. The zero-order chi connectivity index (χ0) is 38.6. The Kier molecular flexibility index (Phi) is 11.5. The number of nitrogens with zero attached hydrogens (tertiary/aromatic N) is 1. The number of hydrogen-bond acceptors (Lipinski definition) is 2. The quantitative estimate of drug-likeness (QED) is 0.280. The van der Waals surface area contributed by atoms with E-state index in [2.05, 4.69) is 59.7 Å². The van der Waals surface area contributed by atoms with Crippen molar-refractivity contribution in [3.63, 3.8) is 0 Å². The highest BCUT2D eigenvalue weighted by atomic mass is 15.2. The number of fused-ring (bicyclic) bond motifs is 4. The molecule has 3 fully saturated rings. The van der Waals surface area contributed by atoms with Crippen LogP contribution in [0.15, 0.2) is 81.5 Å². The van der Waals surface area contributed by atoms with Crippen LogP contribution < -0.4 is 5.32 Å². The highest BCUT2D eigenvalue weighted by Gasteiger charge is 2.47. The zero-order valence-corrected chi connectivity index (χ0v) is 36.8. The van der Waals surface area contributed by atoms with Crippen molar-refractivity contribution in [3.05, 3.63) is 81.5 Å². The van der Waals surface area contributed by atoms with Crippen molar-refractivity contribution in [1.29, 1.82) is 0 Å². The van der Waals surface area contributed by atoms with E-state index in [-0.39, 0.29) is 0 Å². The maximum Gasteiger partial charge on any atom is 0.0322 e. The number of hydrogen-bond donors (Lipinski definition) is 1. The van der Waals surface area contributed by atoms with Crippen LogP contribution in [-0.4, -0.2) is 36.6 Å². The molecular formula is C56H80N2. The maximum atomic E-state index is 3.77. The second-order valence-electron chi connectivity index (χ2n) is 22.2. The molecule has 2 heteroatoms. The standard InChI is InChI=1S/C56H80N2/c1-37-46-15-6-7-17-51(46)55(54-30-29-50(44-31-32-57-35-44)52-18-8-9-19-53(52)54)36-58(45-27-25-38-11-2-3-13-42(38)33-45)56-34-43(26-28-47(37)56)39-21-23-41(24-22-39)49-20-10-14-40-12-4-5-16-48(40)49/h3,13,21,23,25,27-28,37-39,41-46,49,53-54,56-57H,2,4-12,14-20,22,24,26,29-36H2,1H3/b55-51+/t37?,38?,39-,41?,42?,43?,44?,45-,46?,49?,53?,54?,56?/m0/s1. The minimum atomic E-state index is 0.569. The number of rotatable bonds is 5. The van der Waals surface area contributed by atoms with E-state index in [9.17, 15) is 0 Å². The SMILES string of the molecule is CC1C2=CCC([C@H]3C=CC(C4CCCC5=C4CCCC5)CC3)CC2N([C@H]2C=CC3CCC=CC3C2)C/C(C2CCC(C3CCNC3)=C3CCCCC32)=C2/CCCCC21. The summed E-state index contributed by atoms with van der Waals surface area (Å²) in [5, 5.41) is 3.77. The Hall–Kier alpha value is -1.90. The molecule has 0 aromatic carbocycles. The third-order valence-electron chi connectivity index (χ3n) is 19.6. The third-order valence-corrected chi connectivity index (χ3v) is 19.6. The highest BCUT2D eigenvalue weighted by molar-refractivity contribution is 5.37. The summed E-state index contributed by atoms with van der Waals surface area (Å²) in [4.78, 5) is 3.23. The highest BCUT2D eigenvalue weighted by Crippen LogP contribution is 2.55. The summed E-state index contributed by atoms with van der Waals surface area (Å²) < 4.78 is 0. The van der Waals surface area contributed by atoms with Gasteiger partial charge in [0.15, 0.2) is 0 Å². The normalized spacial score (nSPS) is 44.7. The molecule has 9 aliphatic carbocycles. The smallest absolute Gasteiger partial charge is 0.0322 e. The molecule has 0 bridgehead atoms. The fourth-order valence-corrected chi connectivity index (χ4v) is 16.6. The fourth-order valence-electron chi connectivity index (χ4n) is 16.6. The summed E-state index contributed by atoms with van der Waals surface area (Å²) in [5.41, 5.74) is 13.6. The Morgan fingerprint density at radius 3 is 2.16 bits per heavy atom.